The second kappa shape index (κ2) is 7.43. The first-order valence-electron chi connectivity index (χ1n) is 6.50. The third-order valence-electron chi connectivity index (χ3n) is 3.17. The molecule has 3 N–H and O–H groups in total. The maximum Gasteiger partial charge on any atom is 0.110 e. The number of aromatic nitrogens is 2. The Balaban J connectivity index is 1.98. The molecule has 6 heteroatoms. The summed E-state index contributed by atoms with van der Waals surface area (Å²) in [6, 6.07) is 0.320. The predicted molar refractivity (Wildman–Crippen MR) is 80.9 cm³/mol. The Morgan fingerprint density at radius 2 is 2.50 bits per heavy atom. The highest BCUT2D eigenvalue weighted by Gasteiger charge is 2.25. The van der Waals surface area contributed by atoms with E-state index in [1.807, 2.05) is 29.7 Å². The fourth-order valence-corrected chi connectivity index (χ4v) is 5.08. The molecule has 0 saturated carbocycles. The zero-order valence-electron chi connectivity index (χ0n) is 10.8. The minimum atomic E-state index is 0.320. The van der Waals surface area contributed by atoms with Crippen LogP contribution in [0.4, 0.5) is 0 Å². The second-order valence-electron chi connectivity index (χ2n) is 4.50. The molecular weight excluding hydrogens is 264 g/mol. The zero-order valence-corrected chi connectivity index (χ0v) is 12.5. The van der Waals surface area contributed by atoms with Crippen molar-refractivity contribution in [2.75, 3.05) is 17.3 Å². The average Bonchev–Trinajstić information content (AvgIpc) is 2.85. The van der Waals surface area contributed by atoms with E-state index in [2.05, 4.69) is 28.1 Å². The molecule has 2 unspecified atom stereocenters. The first-order valence-corrected chi connectivity index (χ1v) is 8.71. The third kappa shape index (κ3) is 3.66. The maximum atomic E-state index is 5.73. The van der Waals surface area contributed by atoms with E-state index in [1.54, 1.807) is 0 Å². The van der Waals surface area contributed by atoms with E-state index in [-0.39, 0.29) is 0 Å². The Labute approximate surface area is 117 Å². The summed E-state index contributed by atoms with van der Waals surface area (Å²) in [6.07, 6.45) is 6.01. The Hall–Kier alpha value is -0.170. The summed E-state index contributed by atoms with van der Waals surface area (Å²) in [5.41, 5.74) is 2.99. The van der Waals surface area contributed by atoms with E-state index in [9.17, 15) is 0 Å². The van der Waals surface area contributed by atoms with Gasteiger partial charge in [-0.1, -0.05) is 6.92 Å². The number of nitrogens with one attached hydrogen (secondary N) is 1. The van der Waals surface area contributed by atoms with E-state index >= 15 is 0 Å². The number of nitrogens with two attached hydrogens (primary N) is 1. The minimum absolute atomic E-state index is 0.320. The summed E-state index contributed by atoms with van der Waals surface area (Å²) in [6.45, 7) is 3.23. The van der Waals surface area contributed by atoms with E-state index in [4.69, 9.17) is 5.84 Å². The normalized spacial score (nSPS) is 22.0. The first-order chi connectivity index (χ1) is 8.85. The fourth-order valence-electron chi connectivity index (χ4n) is 2.21. The van der Waals surface area contributed by atoms with Crippen molar-refractivity contribution < 1.29 is 0 Å². The van der Waals surface area contributed by atoms with E-state index in [0.29, 0.717) is 11.3 Å². The molecule has 0 amide bonds. The van der Waals surface area contributed by atoms with Crippen LogP contribution < -0.4 is 11.3 Å². The molecule has 1 fully saturated rings. The molecule has 1 aliphatic heterocycles. The highest BCUT2D eigenvalue weighted by Crippen LogP contribution is 2.27. The lowest BCUT2D eigenvalue weighted by atomic mass is 10.1. The Morgan fingerprint density at radius 3 is 3.17 bits per heavy atom. The van der Waals surface area contributed by atoms with Crippen LogP contribution in [-0.2, 0) is 13.0 Å². The van der Waals surface area contributed by atoms with Crippen LogP contribution in [0.1, 0.15) is 19.2 Å². The lowest BCUT2D eigenvalue weighted by molar-refractivity contribution is 0.496. The number of hydrogen-bond donors (Lipinski definition) is 2. The van der Waals surface area contributed by atoms with Gasteiger partial charge in [0.15, 0.2) is 0 Å². The van der Waals surface area contributed by atoms with E-state index in [1.165, 1.54) is 17.3 Å². The second-order valence-corrected chi connectivity index (χ2v) is 7.00. The van der Waals surface area contributed by atoms with Crippen molar-refractivity contribution in [3.05, 3.63) is 18.2 Å². The van der Waals surface area contributed by atoms with Gasteiger partial charge in [0.1, 0.15) is 5.82 Å². The number of hydrogen-bond acceptors (Lipinski definition) is 5. The van der Waals surface area contributed by atoms with Crippen LogP contribution in [0.3, 0.4) is 0 Å². The number of nitrogens with zero attached hydrogens (tertiary/aromatic N) is 2. The molecule has 2 heterocycles. The average molecular weight is 286 g/mol. The van der Waals surface area contributed by atoms with Gasteiger partial charge < -0.3 is 4.57 Å². The van der Waals surface area contributed by atoms with Crippen LogP contribution in [0.5, 0.6) is 0 Å². The molecule has 0 radical (unpaired) electrons. The van der Waals surface area contributed by atoms with Crippen LogP contribution in [0.15, 0.2) is 12.4 Å². The molecule has 0 spiro atoms. The van der Waals surface area contributed by atoms with Gasteiger partial charge in [-0.2, -0.15) is 23.5 Å². The molecule has 2 rings (SSSR count). The van der Waals surface area contributed by atoms with E-state index < -0.39 is 0 Å². The molecular formula is C12H22N4S2. The highest BCUT2D eigenvalue weighted by atomic mass is 32.2. The summed E-state index contributed by atoms with van der Waals surface area (Å²) in [4.78, 5) is 4.47. The number of hydrazine groups is 1. The summed E-state index contributed by atoms with van der Waals surface area (Å²) in [5.74, 6) is 10.6. The van der Waals surface area contributed by atoms with Crippen LogP contribution in [0.2, 0.25) is 0 Å². The molecule has 1 saturated heterocycles. The van der Waals surface area contributed by atoms with Crippen molar-refractivity contribution in [1.82, 2.24) is 15.0 Å². The molecule has 0 bridgehead atoms. The molecule has 2 atom stereocenters. The molecule has 0 aliphatic carbocycles. The number of aryl methyl sites for hydroxylation is 1. The van der Waals surface area contributed by atoms with Gasteiger partial charge in [-0.25, -0.2) is 4.98 Å². The van der Waals surface area contributed by atoms with Crippen LogP contribution in [0.25, 0.3) is 0 Å². The van der Waals surface area contributed by atoms with Gasteiger partial charge in [-0.3, -0.25) is 11.3 Å². The van der Waals surface area contributed by atoms with Gasteiger partial charge in [0.2, 0.25) is 0 Å². The summed E-state index contributed by atoms with van der Waals surface area (Å²) >= 11 is 4.07. The molecule has 1 aromatic heterocycles. The summed E-state index contributed by atoms with van der Waals surface area (Å²) < 4.78 is 2.24. The van der Waals surface area contributed by atoms with Gasteiger partial charge in [0.05, 0.1) is 0 Å². The van der Waals surface area contributed by atoms with Crippen molar-refractivity contribution in [2.24, 2.45) is 5.84 Å². The lowest BCUT2D eigenvalue weighted by Gasteiger charge is -2.28. The van der Waals surface area contributed by atoms with Crippen LogP contribution >= 0.6 is 23.5 Å². The van der Waals surface area contributed by atoms with Crippen molar-refractivity contribution in [3.63, 3.8) is 0 Å². The highest BCUT2D eigenvalue weighted by molar-refractivity contribution is 8.06. The van der Waals surface area contributed by atoms with Crippen molar-refractivity contribution in [1.29, 1.82) is 0 Å². The molecule has 1 aromatic rings. The predicted octanol–water partition coefficient (Wildman–Crippen LogP) is 1.52. The molecule has 4 nitrogen and oxygen atoms in total. The Morgan fingerprint density at radius 1 is 1.61 bits per heavy atom. The number of rotatable bonds is 6. The Bertz CT molecular complexity index is 350. The van der Waals surface area contributed by atoms with Gasteiger partial charge in [-0.05, 0) is 6.42 Å². The standard InChI is InChI=1S/C12H22N4S2/c1-2-4-16-5-3-14-12(16)8-10(15-13)11-9-17-6-7-18-11/h3,5,10-11,15H,2,4,6-9,13H2,1H3. The van der Waals surface area contributed by atoms with Crippen molar-refractivity contribution >= 4 is 23.5 Å². The third-order valence-corrected chi connectivity index (χ3v) is 6.09. The van der Waals surface area contributed by atoms with Crippen molar-refractivity contribution in [2.45, 2.75) is 37.6 Å². The Kier molecular flexibility index (Phi) is 5.88. The first kappa shape index (κ1) is 14.2. The largest absolute Gasteiger partial charge is 0.335 e. The minimum Gasteiger partial charge on any atom is -0.335 e. The van der Waals surface area contributed by atoms with Crippen LogP contribution in [0, 0.1) is 0 Å². The summed E-state index contributed by atoms with van der Waals surface area (Å²) in [5, 5.41) is 0.598. The summed E-state index contributed by atoms with van der Waals surface area (Å²) in [7, 11) is 0. The molecule has 18 heavy (non-hydrogen) atoms. The van der Waals surface area contributed by atoms with Gasteiger partial charge in [0, 0.05) is 53.9 Å². The molecule has 102 valence electrons. The van der Waals surface area contributed by atoms with Gasteiger partial charge in [0.25, 0.3) is 0 Å². The molecule has 0 aromatic carbocycles. The quantitative estimate of drug-likeness (QED) is 0.613. The SMILES string of the molecule is CCCn1ccnc1CC(NN)C1CSCCS1. The smallest absolute Gasteiger partial charge is 0.110 e. The number of thioether (sulfide) groups is 2. The fraction of sp³-hybridized carbons (Fsp3) is 0.750. The zero-order chi connectivity index (χ0) is 12.8. The monoisotopic (exact) mass is 286 g/mol. The van der Waals surface area contributed by atoms with E-state index in [0.717, 1.165) is 25.2 Å². The van der Waals surface area contributed by atoms with Gasteiger partial charge >= 0.3 is 0 Å². The molecule has 1 aliphatic rings. The van der Waals surface area contributed by atoms with Gasteiger partial charge in [-0.15, -0.1) is 0 Å². The van der Waals surface area contributed by atoms with Crippen molar-refractivity contribution in [3.8, 4) is 0 Å². The lowest BCUT2D eigenvalue weighted by Crippen LogP contribution is -2.46. The van der Waals surface area contributed by atoms with Crippen LogP contribution in [-0.4, -0.2) is 38.1 Å². The topological polar surface area (TPSA) is 55.9 Å². The number of imidazole rings is 1. The maximum absolute atomic E-state index is 5.73.